The smallest absolute Gasteiger partial charge is 0.466 e. The van der Waals surface area contributed by atoms with E-state index in [0.29, 0.717) is 17.1 Å². The number of ether oxygens (including phenoxy) is 2. The lowest BCUT2D eigenvalue weighted by Gasteiger charge is -2.44. The molecule has 0 spiro atoms. The predicted octanol–water partition coefficient (Wildman–Crippen LogP) is 6.30. The largest absolute Gasteiger partial charge is 0.497 e. The summed E-state index contributed by atoms with van der Waals surface area (Å²) >= 11 is 0. The van der Waals surface area contributed by atoms with Gasteiger partial charge in [-0.2, -0.15) is 0 Å². The van der Waals surface area contributed by atoms with Crippen molar-refractivity contribution in [2.45, 2.75) is 167 Å². The van der Waals surface area contributed by atoms with Gasteiger partial charge in [-0.05, 0) is 128 Å². The molecule has 4 aliphatic heterocycles. The second kappa shape index (κ2) is 11.4. The third-order valence-electron chi connectivity index (χ3n) is 12.8. The normalized spacial score (nSPS) is 27.6. The molecule has 0 bridgehead atoms. The van der Waals surface area contributed by atoms with E-state index in [2.05, 4.69) is 0 Å². The number of benzene rings is 1. The van der Waals surface area contributed by atoms with Gasteiger partial charge in [0.15, 0.2) is 0 Å². The van der Waals surface area contributed by atoms with Crippen LogP contribution in [-0.2, 0) is 42.4 Å². The van der Waals surface area contributed by atoms with Gasteiger partial charge in [-0.3, -0.25) is 0 Å². The van der Waals surface area contributed by atoms with Gasteiger partial charge in [0.1, 0.15) is 11.5 Å². The molecule has 4 saturated heterocycles. The van der Waals surface area contributed by atoms with Crippen molar-refractivity contribution in [3.8, 4) is 11.5 Å². The van der Waals surface area contributed by atoms with Gasteiger partial charge in [0.25, 0.3) is 0 Å². The average Bonchev–Trinajstić information content (AvgIpc) is 3.46. The van der Waals surface area contributed by atoms with Crippen LogP contribution >= 0.6 is 0 Å². The average molecular weight is 670 g/mol. The first-order valence-corrected chi connectivity index (χ1v) is 17.3. The van der Waals surface area contributed by atoms with Gasteiger partial charge in [0.05, 0.1) is 64.2 Å². The quantitative estimate of drug-likeness (QED) is 0.294. The Morgan fingerprint density at radius 3 is 0.938 bits per heavy atom. The predicted molar refractivity (Wildman–Crippen MR) is 189 cm³/mol. The molecule has 14 heteroatoms. The van der Waals surface area contributed by atoms with Gasteiger partial charge in [-0.15, -0.1) is 0 Å². The van der Waals surface area contributed by atoms with Crippen LogP contribution in [0.5, 0.6) is 11.5 Å². The van der Waals surface area contributed by atoms with Gasteiger partial charge < -0.3 is 46.7 Å². The summed E-state index contributed by atoms with van der Waals surface area (Å²) in [5, 5.41) is -1.37. The number of methoxy groups -OCH3 is 2. The molecule has 0 aromatic heterocycles. The second-order valence-corrected chi connectivity index (χ2v) is 18.0. The Balaban J connectivity index is 1.92. The van der Waals surface area contributed by atoms with Crippen LogP contribution in [0.2, 0.25) is 5.72 Å². The van der Waals surface area contributed by atoms with Crippen LogP contribution in [0.15, 0.2) is 18.2 Å². The van der Waals surface area contributed by atoms with Crippen molar-refractivity contribution in [1.29, 1.82) is 0 Å². The lowest BCUT2D eigenvalue weighted by molar-refractivity contribution is 0.00578. The van der Waals surface area contributed by atoms with Crippen LogP contribution in [0, 0.1) is 0 Å². The third-order valence-corrected chi connectivity index (χ3v) is 12.8. The molecule has 4 fully saturated rings. The maximum atomic E-state index is 7.10. The maximum absolute atomic E-state index is 7.10. The molecule has 0 N–H and O–H groups in total. The van der Waals surface area contributed by atoms with E-state index in [9.17, 15) is 0 Å². The summed E-state index contributed by atoms with van der Waals surface area (Å²) in [7, 11) is -0.470. The number of rotatable bonds is 8. The highest BCUT2D eigenvalue weighted by atomic mass is 16.7. The molecule has 1 aromatic carbocycles. The summed E-state index contributed by atoms with van der Waals surface area (Å²) in [5.41, 5.74) is -5.76. The van der Waals surface area contributed by atoms with E-state index in [1.54, 1.807) is 14.2 Å². The summed E-state index contributed by atoms with van der Waals surface area (Å²) in [4.78, 5) is 0. The molecule has 0 radical (unpaired) electrons. The molecule has 48 heavy (non-hydrogen) atoms. The van der Waals surface area contributed by atoms with Crippen LogP contribution in [0.25, 0.3) is 0 Å². The van der Waals surface area contributed by atoms with Crippen molar-refractivity contribution < 1.29 is 46.7 Å². The van der Waals surface area contributed by atoms with E-state index in [4.69, 9.17) is 46.7 Å². The summed E-state index contributed by atoms with van der Waals surface area (Å²) in [6, 6.07) is 5.76. The van der Waals surface area contributed by atoms with Gasteiger partial charge in [0.2, 0.25) is 0 Å². The molecule has 0 atom stereocenters. The van der Waals surface area contributed by atoms with Crippen LogP contribution in [0.1, 0.15) is 116 Å². The van der Waals surface area contributed by atoms with Crippen molar-refractivity contribution in [1.82, 2.24) is 0 Å². The molecule has 4 heterocycles. The van der Waals surface area contributed by atoms with Crippen LogP contribution in [0.3, 0.4) is 0 Å². The Morgan fingerprint density at radius 1 is 0.438 bits per heavy atom. The van der Waals surface area contributed by atoms with Gasteiger partial charge in [-0.1, -0.05) is 0 Å². The van der Waals surface area contributed by atoms with Crippen molar-refractivity contribution in [3.63, 3.8) is 0 Å². The lowest BCUT2D eigenvalue weighted by atomic mass is 9.22. The van der Waals surface area contributed by atoms with Crippen LogP contribution in [-0.4, -0.2) is 87.5 Å². The van der Waals surface area contributed by atoms with E-state index < -0.39 is 84.2 Å². The Morgan fingerprint density at radius 2 is 0.688 bits per heavy atom. The molecule has 0 amide bonds. The lowest BCUT2D eigenvalue weighted by Crippen LogP contribution is -2.67. The number of hydrogen-bond donors (Lipinski definition) is 0. The van der Waals surface area contributed by atoms with E-state index in [1.807, 2.05) is 129 Å². The van der Waals surface area contributed by atoms with Crippen molar-refractivity contribution in [3.05, 3.63) is 23.8 Å². The van der Waals surface area contributed by atoms with E-state index >= 15 is 0 Å². The summed E-state index contributed by atoms with van der Waals surface area (Å²) in [6.07, 6.45) is 0. The van der Waals surface area contributed by atoms with E-state index in [0.717, 1.165) is 0 Å². The minimum absolute atomic E-state index is 0.573. The molecule has 0 unspecified atom stereocenters. The SMILES string of the molecule is COc1cc(OC)cc(C(B2OC(C)(C)C(C)(C)O2)(B2OC(C)(C)C(C)(C)O2)C(B2OC(C)(C)C(C)(C)O2)B2OC(C)(C)C(C)(C)O2)c1. The monoisotopic (exact) mass is 670 g/mol. The molecule has 0 aliphatic carbocycles. The molecule has 266 valence electrons. The molecular weight excluding hydrogens is 612 g/mol. The fraction of sp³-hybridized carbons (Fsp3) is 0.824. The van der Waals surface area contributed by atoms with Crippen molar-refractivity contribution >= 4 is 28.5 Å². The Bertz CT molecular complexity index is 1230. The zero-order valence-electron chi connectivity index (χ0n) is 32.7. The first-order valence-electron chi connectivity index (χ1n) is 17.3. The number of hydrogen-bond acceptors (Lipinski definition) is 10. The first kappa shape index (κ1) is 38.0. The summed E-state index contributed by atoms with van der Waals surface area (Å²) < 4.78 is 68.1. The fourth-order valence-electron chi connectivity index (χ4n) is 6.67. The van der Waals surface area contributed by atoms with Gasteiger partial charge in [0, 0.05) is 11.8 Å². The highest BCUT2D eigenvalue weighted by Crippen LogP contribution is 2.59. The molecule has 0 saturated carbocycles. The fourth-order valence-corrected chi connectivity index (χ4v) is 6.67. The minimum atomic E-state index is -1.37. The van der Waals surface area contributed by atoms with Gasteiger partial charge >= 0.3 is 28.5 Å². The molecule has 1 aromatic rings. The van der Waals surface area contributed by atoms with E-state index in [1.165, 1.54) is 0 Å². The van der Waals surface area contributed by atoms with Crippen molar-refractivity contribution in [2.75, 3.05) is 14.2 Å². The zero-order chi connectivity index (χ0) is 36.3. The maximum Gasteiger partial charge on any atom is 0.466 e. The topological polar surface area (TPSA) is 92.3 Å². The second-order valence-electron chi connectivity index (χ2n) is 18.0. The standard InChI is InChI=1S/C34H58B4O10/c1-26(2)27(3,4)42-35(41-26)25(36-43-28(5,6)29(7,8)44-36)34(37-45-30(9,10)31(11,12)46-37,38-47-32(13,14)33(15,16)48-38)22-19-23(39-17)21-24(20-22)40-18/h19-21,25H,1-18H3. The molecular formula is C34H58B4O10. The Labute approximate surface area is 290 Å². The Hall–Kier alpha value is -1.24. The molecule has 4 aliphatic rings. The minimum Gasteiger partial charge on any atom is -0.497 e. The van der Waals surface area contributed by atoms with Crippen molar-refractivity contribution in [2.24, 2.45) is 0 Å². The van der Waals surface area contributed by atoms with Gasteiger partial charge in [-0.25, -0.2) is 0 Å². The molecule has 5 rings (SSSR count). The summed E-state index contributed by atoms with van der Waals surface area (Å²) in [6.45, 7) is 32.6. The van der Waals surface area contributed by atoms with Crippen LogP contribution < -0.4 is 9.47 Å². The van der Waals surface area contributed by atoms with E-state index in [-0.39, 0.29) is 0 Å². The van der Waals surface area contributed by atoms with Crippen LogP contribution in [0.4, 0.5) is 0 Å². The highest BCUT2D eigenvalue weighted by molar-refractivity contribution is 6.81. The molecule has 10 nitrogen and oxygen atoms in total. The Kier molecular flexibility index (Phi) is 9.01. The summed E-state index contributed by atoms with van der Waals surface area (Å²) in [5.74, 6) is 1.15. The zero-order valence-corrected chi connectivity index (χ0v) is 32.7. The highest BCUT2D eigenvalue weighted by Gasteiger charge is 2.79. The third kappa shape index (κ3) is 5.69. The first-order chi connectivity index (χ1) is 21.6.